The van der Waals surface area contributed by atoms with Crippen LogP contribution in [0.5, 0.6) is 0 Å². The van der Waals surface area contributed by atoms with Crippen molar-refractivity contribution in [2.45, 2.75) is 116 Å². The van der Waals surface area contributed by atoms with E-state index < -0.39 is 15.9 Å². The van der Waals surface area contributed by atoms with Crippen molar-refractivity contribution in [1.29, 1.82) is 0 Å². The second kappa shape index (κ2) is 13.2. The smallest absolute Gasteiger partial charge is 0.268 e. The summed E-state index contributed by atoms with van der Waals surface area (Å²) in [6.45, 7) is 6.24. The Morgan fingerprint density at radius 2 is 1.29 bits per heavy atom. The molecule has 2 aromatic carbocycles. The first kappa shape index (κ1) is 27.4. The van der Waals surface area contributed by atoms with Gasteiger partial charge in [0.1, 0.15) is 4.90 Å². The third kappa shape index (κ3) is 6.97. The highest BCUT2D eigenvalue weighted by Crippen LogP contribution is 2.37. The van der Waals surface area contributed by atoms with Crippen LogP contribution < -0.4 is 0 Å². The normalized spacial score (nSPS) is 14.5. The van der Waals surface area contributed by atoms with Crippen LogP contribution in [0, 0.1) is 13.8 Å². The molecule has 0 N–H and O–H groups in total. The number of hydrogen-bond acceptors (Lipinski definition) is 3. The van der Waals surface area contributed by atoms with E-state index in [1.54, 1.807) is 6.07 Å². The molecule has 1 heterocycles. The quantitative estimate of drug-likeness (QED) is 0.235. The van der Waals surface area contributed by atoms with Gasteiger partial charge in [-0.2, -0.15) is 0 Å². The molecule has 1 aliphatic heterocycles. The standard InChI is InChI=1S/C30H43NO3S/c1-4-5-6-7-8-9-10-11-12-13-14-18-21-27-22-28-29(25(3)24(27)2)30(32)31(35(28,33)34)23-26-19-16-15-17-20-26/h15-17,19-20,22H,4-14,18,21,23H2,1-3H3. The van der Waals surface area contributed by atoms with E-state index in [-0.39, 0.29) is 11.4 Å². The predicted molar refractivity (Wildman–Crippen MR) is 144 cm³/mol. The molecule has 0 aromatic heterocycles. The van der Waals surface area contributed by atoms with Crippen molar-refractivity contribution in [2.24, 2.45) is 0 Å². The van der Waals surface area contributed by atoms with Crippen LogP contribution in [0.15, 0.2) is 41.3 Å². The molecule has 0 radical (unpaired) electrons. The summed E-state index contributed by atoms with van der Waals surface area (Å²) in [6.07, 6.45) is 16.5. The van der Waals surface area contributed by atoms with Gasteiger partial charge in [0.2, 0.25) is 0 Å². The Hall–Kier alpha value is -2.14. The van der Waals surface area contributed by atoms with Gasteiger partial charge in [-0.15, -0.1) is 0 Å². The molecule has 0 unspecified atom stereocenters. The van der Waals surface area contributed by atoms with Crippen LogP contribution in [0.25, 0.3) is 0 Å². The summed E-state index contributed by atoms with van der Waals surface area (Å²) in [6, 6.07) is 11.1. The number of aryl methyl sites for hydroxylation is 1. The Labute approximate surface area is 213 Å². The van der Waals surface area contributed by atoms with Crippen molar-refractivity contribution < 1.29 is 13.2 Å². The van der Waals surface area contributed by atoms with Gasteiger partial charge in [-0.3, -0.25) is 4.79 Å². The van der Waals surface area contributed by atoms with Gasteiger partial charge >= 0.3 is 0 Å². The highest BCUT2D eigenvalue weighted by Gasteiger charge is 2.42. The van der Waals surface area contributed by atoms with Crippen LogP contribution in [0.4, 0.5) is 0 Å². The van der Waals surface area contributed by atoms with Crippen molar-refractivity contribution in [2.75, 3.05) is 0 Å². The molecule has 0 spiro atoms. The molecule has 0 saturated carbocycles. The summed E-state index contributed by atoms with van der Waals surface area (Å²) in [5, 5.41) is 0. The predicted octanol–water partition coefficient (Wildman–Crippen LogP) is 7.89. The molecule has 35 heavy (non-hydrogen) atoms. The minimum absolute atomic E-state index is 0.0727. The number of benzene rings is 2. The Balaban J connectivity index is 1.51. The zero-order chi connectivity index (χ0) is 25.3. The molecule has 1 aliphatic rings. The van der Waals surface area contributed by atoms with Gasteiger partial charge < -0.3 is 0 Å². The molecule has 0 atom stereocenters. The first-order chi connectivity index (χ1) is 16.9. The van der Waals surface area contributed by atoms with Crippen LogP contribution in [-0.4, -0.2) is 18.6 Å². The zero-order valence-electron chi connectivity index (χ0n) is 21.9. The van der Waals surface area contributed by atoms with Gasteiger partial charge in [-0.25, -0.2) is 12.7 Å². The third-order valence-corrected chi connectivity index (χ3v) is 9.20. The first-order valence-electron chi connectivity index (χ1n) is 13.6. The van der Waals surface area contributed by atoms with E-state index in [1.807, 2.05) is 44.2 Å². The van der Waals surface area contributed by atoms with Gasteiger partial charge in [-0.1, -0.05) is 108 Å². The number of hydrogen-bond donors (Lipinski definition) is 0. The van der Waals surface area contributed by atoms with Gasteiger partial charge in [0.15, 0.2) is 0 Å². The SMILES string of the molecule is CCCCCCCCCCCCCCc1cc2c(c(C)c1C)C(=O)N(Cc1ccccc1)S2(=O)=O. The van der Waals surface area contributed by atoms with Crippen molar-refractivity contribution >= 4 is 15.9 Å². The molecule has 0 fully saturated rings. The average Bonchev–Trinajstić information content (AvgIpc) is 3.03. The zero-order valence-corrected chi connectivity index (χ0v) is 22.8. The number of rotatable bonds is 15. The molecule has 3 rings (SSSR count). The molecule has 5 heteroatoms. The lowest BCUT2D eigenvalue weighted by Gasteiger charge is -2.15. The average molecular weight is 498 g/mol. The number of unbranched alkanes of at least 4 members (excludes halogenated alkanes) is 11. The molecule has 192 valence electrons. The molecule has 1 amide bonds. The molecule has 0 aliphatic carbocycles. The molecular formula is C30H43NO3S. The molecular weight excluding hydrogens is 454 g/mol. The van der Waals surface area contributed by atoms with Crippen LogP contribution in [0.1, 0.15) is 117 Å². The molecule has 4 nitrogen and oxygen atoms in total. The lowest BCUT2D eigenvalue weighted by Crippen LogP contribution is -2.29. The van der Waals surface area contributed by atoms with E-state index in [2.05, 4.69) is 6.92 Å². The first-order valence-corrected chi connectivity index (χ1v) is 15.1. The summed E-state index contributed by atoms with van der Waals surface area (Å²) in [4.78, 5) is 13.3. The maximum absolute atomic E-state index is 13.3. The minimum atomic E-state index is -3.83. The topological polar surface area (TPSA) is 54.5 Å². The summed E-state index contributed by atoms with van der Waals surface area (Å²) < 4.78 is 27.6. The highest BCUT2D eigenvalue weighted by atomic mass is 32.2. The van der Waals surface area contributed by atoms with E-state index in [0.29, 0.717) is 5.56 Å². The monoisotopic (exact) mass is 497 g/mol. The third-order valence-electron chi connectivity index (χ3n) is 7.45. The van der Waals surface area contributed by atoms with Gasteiger partial charge in [0, 0.05) is 0 Å². The Kier molecular flexibility index (Phi) is 10.4. The maximum Gasteiger partial charge on any atom is 0.269 e. The molecule has 0 bridgehead atoms. The van der Waals surface area contributed by atoms with Crippen LogP contribution in [-0.2, 0) is 23.0 Å². The summed E-state index contributed by atoms with van der Waals surface area (Å²) >= 11 is 0. The second-order valence-corrected chi connectivity index (χ2v) is 11.9. The number of carbonyl (C=O) groups is 1. The number of fused-ring (bicyclic) bond motifs is 1. The fourth-order valence-electron chi connectivity index (χ4n) is 5.10. The minimum Gasteiger partial charge on any atom is -0.268 e. The number of sulfonamides is 1. The van der Waals surface area contributed by atoms with E-state index in [0.717, 1.165) is 45.8 Å². The van der Waals surface area contributed by atoms with Crippen molar-refractivity contribution in [1.82, 2.24) is 4.31 Å². The fraction of sp³-hybridized carbons (Fsp3) is 0.567. The Bertz CT molecular complexity index is 1080. The van der Waals surface area contributed by atoms with Crippen molar-refractivity contribution in [3.8, 4) is 0 Å². The highest BCUT2D eigenvalue weighted by molar-refractivity contribution is 7.90. The number of amides is 1. The molecule has 2 aromatic rings. The van der Waals surface area contributed by atoms with Gasteiger partial charge in [0.05, 0.1) is 12.1 Å². The molecule has 0 saturated heterocycles. The lowest BCUT2D eigenvalue weighted by atomic mass is 9.94. The van der Waals surface area contributed by atoms with Gasteiger partial charge in [-0.05, 0) is 55.0 Å². The summed E-state index contributed by atoms with van der Waals surface area (Å²) in [7, 11) is -3.83. The van der Waals surface area contributed by atoms with Crippen LogP contribution in [0.3, 0.4) is 0 Å². The van der Waals surface area contributed by atoms with E-state index in [9.17, 15) is 13.2 Å². The van der Waals surface area contributed by atoms with Gasteiger partial charge in [0.25, 0.3) is 15.9 Å². The fourth-order valence-corrected chi connectivity index (χ4v) is 6.75. The summed E-state index contributed by atoms with van der Waals surface area (Å²) in [5.74, 6) is -0.402. The maximum atomic E-state index is 13.3. The van der Waals surface area contributed by atoms with Crippen LogP contribution in [0.2, 0.25) is 0 Å². The van der Waals surface area contributed by atoms with Crippen LogP contribution >= 0.6 is 0 Å². The van der Waals surface area contributed by atoms with E-state index in [1.165, 1.54) is 64.2 Å². The van der Waals surface area contributed by atoms with Crippen molar-refractivity contribution in [3.05, 3.63) is 64.2 Å². The Morgan fingerprint density at radius 3 is 1.86 bits per heavy atom. The number of carbonyl (C=O) groups excluding carboxylic acids is 1. The lowest BCUT2D eigenvalue weighted by molar-refractivity contribution is 0.0864. The number of nitrogens with zero attached hydrogens (tertiary/aromatic N) is 1. The summed E-state index contributed by atoms with van der Waals surface area (Å²) in [5.41, 5.74) is 4.09. The second-order valence-electron chi connectivity index (χ2n) is 10.1. The Morgan fingerprint density at radius 1 is 0.743 bits per heavy atom. The largest absolute Gasteiger partial charge is 0.269 e. The van der Waals surface area contributed by atoms with Crippen molar-refractivity contribution in [3.63, 3.8) is 0 Å². The van der Waals surface area contributed by atoms with E-state index >= 15 is 0 Å². The van der Waals surface area contributed by atoms with E-state index in [4.69, 9.17) is 0 Å².